The quantitative estimate of drug-likeness (QED) is 0.775. The standard InChI is InChI=1S/C21H32N4O4S/c1-30(28,29)25-11-9-18-17(14-25)21(27)23-20(22-18)16-8-5-10-24(13-16)19(26)12-15-6-3-2-4-7-15/h15-16H,2-14H2,1H3,(H,22,23,27)/t16-/m0/s1. The van der Waals surface area contributed by atoms with E-state index in [9.17, 15) is 18.0 Å². The van der Waals surface area contributed by atoms with Crippen LogP contribution in [0.15, 0.2) is 4.79 Å². The van der Waals surface area contributed by atoms with Crippen LogP contribution in [0.1, 0.15) is 74.4 Å². The van der Waals surface area contributed by atoms with Crippen LogP contribution in [0.25, 0.3) is 0 Å². The smallest absolute Gasteiger partial charge is 0.255 e. The fourth-order valence-corrected chi connectivity index (χ4v) is 5.88. The van der Waals surface area contributed by atoms with Crippen molar-refractivity contribution >= 4 is 15.9 Å². The van der Waals surface area contributed by atoms with Gasteiger partial charge in [0.05, 0.1) is 17.5 Å². The molecule has 8 nitrogen and oxygen atoms in total. The zero-order valence-corrected chi connectivity index (χ0v) is 18.5. The van der Waals surface area contributed by atoms with E-state index in [1.54, 1.807) is 0 Å². The number of likely N-dealkylation sites (tertiary alicyclic amines) is 1. The van der Waals surface area contributed by atoms with E-state index in [1.807, 2.05) is 4.90 Å². The second-order valence-electron chi connectivity index (χ2n) is 9.11. The molecule has 2 fully saturated rings. The molecule has 4 rings (SSSR count). The van der Waals surface area contributed by atoms with Gasteiger partial charge < -0.3 is 9.88 Å². The van der Waals surface area contributed by atoms with E-state index in [1.165, 1.54) is 23.6 Å². The van der Waals surface area contributed by atoms with Crippen LogP contribution in [-0.4, -0.2) is 59.4 Å². The van der Waals surface area contributed by atoms with Gasteiger partial charge in [0.1, 0.15) is 5.82 Å². The van der Waals surface area contributed by atoms with Crippen LogP contribution in [0.5, 0.6) is 0 Å². The Morgan fingerprint density at radius 1 is 1.13 bits per heavy atom. The lowest BCUT2D eigenvalue weighted by molar-refractivity contribution is -0.133. The van der Waals surface area contributed by atoms with Crippen molar-refractivity contribution in [3.63, 3.8) is 0 Å². The predicted octanol–water partition coefficient (Wildman–Crippen LogP) is 1.76. The SMILES string of the molecule is CS(=O)(=O)N1CCc2nc([C@H]3CCCN(C(=O)CC4CCCCC4)C3)[nH]c(=O)c2C1. The lowest BCUT2D eigenvalue weighted by Crippen LogP contribution is -2.42. The number of carbonyl (C=O) groups is 1. The molecule has 1 saturated carbocycles. The summed E-state index contributed by atoms with van der Waals surface area (Å²) in [6.07, 6.45) is 10.1. The van der Waals surface area contributed by atoms with Gasteiger partial charge in [-0.2, -0.15) is 4.31 Å². The number of hydrogen-bond donors (Lipinski definition) is 1. The van der Waals surface area contributed by atoms with E-state index >= 15 is 0 Å². The molecule has 0 aromatic carbocycles. The van der Waals surface area contributed by atoms with E-state index in [0.29, 0.717) is 48.9 Å². The van der Waals surface area contributed by atoms with Gasteiger partial charge in [-0.05, 0) is 31.6 Å². The molecular weight excluding hydrogens is 404 g/mol. The van der Waals surface area contributed by atoms with Crippen LogP contribution in [0.2, 0.25) is 0 Å². The van der Waals surface area contributed by atoms with Gasteiger partial charge in [-0.1, -0.05) is 19.3 Å². The zero-order valence-electron chi connectivity index (χ0n) is 17.7. The van der Waals surface area contributed by atoms with Gasteiger partial charge >= 0.3 is 0 Å². The number of aromatic nitrogens is 2. The number of nitrogens with zero attached hydrogens (tertiary/aromatic N) is 3. The molecular formula is C21H32N4O4S. The molecule has 2 aliphatic heterocycles. The topological polar surface area (TPSA) is 103 Å². The van der Waals surface area contributed by atoms with Gasteiger partial charge in [0.15, 0.2) is 0 Å². The van der Waals surface area contributed by atoms with Crippen molar-refractivity contribution in [3.8, 4) is 0 Å². The average Bonchev–Trinajstić information content (AvgIpc) is 2.73. The highest BCUT2D eigenvalue weighted by molar-refractivity contribution is 7.88. The summed E-state index contributed by atoms with van der Waals surface area (Å²) in [5.74, 6) is 1.42. The van der Waals surface area contributed by atoms with Crippen molar-refractivity contribution in [2.45, 2.75) is 70.3 Å². The first kappa shape index (κ1) is 21.5. The zero-order chi connectivity index (χ0) is 21.3. The molecule has 166 valence electrons. The summed E-state index contributed by atoms with van der Waals surface area (Å²) in [5, 5.41) is 0. The third kappa shape index (κ3) is 4.77. The van der Waals surface area contributed by atoms with E-state index in [-0.39, 0.29) is 23.9 Å². The van der Waals surface area contributed by atoms with Crippen LogP contribution in [0, 0.1) is 5.92 Å². The maximum atomic E-state index is 12.8. The summed E-state index contributed by atoms with van der Waals surface area (Å²) in [6.45, 7) is 1.80. The molecule has 1 N–H and O–H groups in total. The summed E-state index contributed by atoms with van der Waals surface area (Å²) in [5.41, 5.74) is 0.879. The van der Waals surface area contributed by atoms with Gasteiger partial charge in [0.25, 0.3) is 5.56 Å². The van der Waals surface area contributed by atoms with Crippen LogP contribution in [0.3, 0.4) is 0 Å². The molecule has 9 heteroatoms. The summed E-state index contributed by atoms with van der Waals surface area (Å²) in [4.78, 5) is 35.1. The number of sulfonamides is 1. The first-order chi connectivity index (χ1) is 14.3. The number of amides is 1. The minimum absolute atomic E-state index is 0.0278. The van der Waals surface area contributed by atoms with Crippen LogP contribution in [0.4, 0.5) is 0 Å². The van der Waals surface area contributed by atoms with Gasteiger partial charge in [-0.15, -0.1) is 0 Å². The van der Waals surface area contributed by atoms with Gasteiger partial charge in [-0.25, -0.2) is 13.4 Å². The molecule has 0 radical (unpaired) electrons. The first-order valence-corrected chi connectivity index (χ1v) is 13.0. The molecule has 30 heavy (non-hydrogen) atoms. The molecule has 1 aliphatic carbocycles. The van der Waals surface area contributed by atoms with Crippen molar-refractivity contribution in [2.24, 2.45) is 5.92 Å². The first-order valence-electron chi connectivity index (χ1n) is 11.2. The monoisotopic (exact) mass is 436 g/mol. The maximum absolute atomic E-state index is 12.8. The van der Waals surface area contributed by atoms with Crippen molar-refractivity contribution in [3.05, 3.63) is 27.4 Å². The molecule has 1 saturated heterocycles. The molecule has 0 spiro atoms. The number of carbonyl (C=O) groups excluding carboxylic acids is 1. The summed E-state index contributed by atoms with van der Waals surface area (Å²) >= 11 is 0. The lowest BCUT2D eigenvalue weighted by Gasteiger charge is -2.34. The Hall–Kier alpha value is -1.74. The minimum atomic E-state index is -3.34. The third-order valence-electron chi connectivity index (χ3n) is 6.87. The highest BCUT2D eigenvalue weighted by Gasteiger charge is 2.31. The molecule has 0 unspecified atom stereocenters. The maximum Gasteiger partial charge on any atom is 0.255 e. The number of piperidine rings is 1. The van der Waals surface area contributed by atoms with Gasteiger partial charge in [0, 0.05) is 44.9 Å². The Labute approximate surface area is 178 Å². The van der Waals surface area contributed by atoms with E-state index in [4.69, 9.17) is 4.98 Å². The Kier molecular flexibility index (Phi) is 6.29. The Bertz CT molecular complexity index is 952. The largest absolute Gasteiger partial charge is 0.342 e. The third-order valence-corrected chi connectivity index (χ3v) is 8.12. The number of H-pyrrole nitrogens is 1. The van der Waals surface area contributed by atoms with Gasteiger partial charge in [-0.3, -0.25) is 9.59 Å². The second kappa shape index (κ2) is 8.78. The summed E-state index contributed by atoms with van der Waals surface area (Å²) in [7, 11) is -3.34. The normalized spacial score (nSPS) is 23.9. The number of rotatable bonds is 4. The van der Waals surface area contributed by atoms with Crippen molar-refractivity contribution in [2.75, 3.05) is 25.9 Å². The molecule has 0 bridgehead atoms. The molecule has 3 heterocycles. The fourth-order valence-electron chi connectivity index (χ4n) is 5.09. The number of nitrogens with one attached hydrogen (secondary N) is 1. The van der Waals surface area contributed by atoms with Crippen molar-refractivity contribution < 1.29 is 13.2 Å². The number of aromatic amines is 1. The van der Waals surface area contributed by atoms with Gasteiger partial charge in [0.2, 0.25) is 15.9 Å². The molecule has 1 amide bonds. The van der Waals surface area contributed by atoms with E-state index in [2.05, 4.69) is 4.98 Å². The van der Waals surface area contributed by atoms with Crippen LogP contribution >= 0.6 is 0 Å². The fraction of sp³-hybridized carbons (Fsp3) is 0.762. The Balaban J connectivity index is 1.46. The number of hydrogen-bond acceptors (Lipinski definition) is 5. The van der Waals surface area contributed by atoms with Crippen molar-refractivity contribution in [1.29, 1.82) is 0 Å². The number of fused-ring (bicyclic) bond motifs is 1. The van der Waals surface area contributed by atoms with Crippen LogP contribution < -0.4 is 5.56 Å². The van der Waals surface area contributed by atoms with E-state index < -0.39 is 10.0 Å². The minimum Gasteiger partial charge on any atom is -0.342 e. The summed E-state index contributed by atoms with van der Waals surface area (Å²) < 4.78 is 25.0. The average molecular weight is 437 g/mol. The predicted molar refractivity (Wildman–Crippen MR) is 114 cm³/mol. The highest BCUT2D eigenvalue weighted by Crippen LogP contribution is 2.30. The van der Waals surface area contributed by atoms with E-state index in [0.717, 1.165) is 38.5 Å². The molecule has 1 aromatic heterocycles. The Morgan fingerprint density at radius 3 is 2.63 bits per heavy atom. The molecule has 1 aromatic rings. The lowest BCUT2D eigenvalue weighted by atomic mass is 9.86. The molecule has 1 atom stereocenters. The summed E-state index contributed by atoms with van der Waals surface area (Å²) in [6, 6.07) is 0. The van der Waals surface area contributed by atoms with Crippen LogP contribution in [-0.2, 0) is 27.8 Å². The van der Waals surface area contributed by atoms with Crippen molar-refractivity contribution in [1.82, 2.24) is 19.2 Å². The Morgan fingerprint density at radius 2 is 1.90 bits per heavy atom. The molecule has 3 aliphatic rings. The second-order valence-corrected chi connectivity index (χ2v) is 11.1. The highest BCUT2D eigenvalue weighted by atomic mass is 32.2.